The summed E-state index contributed by atoms with van der Waals surface area (Å²) in [5.41, 5.74) is 1.45. The molecule has 0 aliphatic rings. The molecule has 0 fully saturated rings. The van der Waals surface area contributed by atoms with E-state index in [0.29, 0.717) is 11.3 Å². The third-order valence-electron chi connectivity index (χ3n) is 1.96. The number of aromatic amines is 1. The van der Waals surface area contributed by atoms with Crippen LogP contribution in [0.15, 0.2) is 10.9 Å². The molecule has 1 amide bonds. The summed E-state index contributed by atoms with van der Waals surface area (Å²) in [6.45, 7) is 1.75. The first-order chi connectivity index (χ1) is 7.04. The molecule has 0 bridgehead atoms. The van der Waals surface area contributed by atoms with Crippen LogP contribution >= 0.6 is 0 Å². The number of aromatic nitrogens is 1. The fourth-order valence-electron chi connectivity index (χ4n) is 1.28. The minimum atomic E-state index is -1.16. The average Bonchev–Trinajstić information content (AvgIpc) is 2.14. The fraction of sp³-hybridized carbons (Fsp3) is 0.333. The zero-order chi connectivity index (χ0) is 11.4. The minimum Gasteiger partial charge on any atom is -0.465 e. The Morgan fingerprint density at radius 2 is 2.27 bits per heavy atom. The van der Waals surface area contributed by atoms with Gasteiger partial charge in [0.1, 0.15) is 0 Å². The summed E-state index contributed by atoms with van der Waals surface area (Å²) < 4.78 is 0. The van der Waals surface area contributed by atoms with Crippen LogP contribution in [-0.2, 0) is 6.54 Å². The Morgan fingerprint density at radius 3 is 2.80 bits per heavy atom. The van der Waals surface area contributed by atoms with E-state index in [1.165, 1.54) is 0 Å². The van der Waals surface area contributed by atoms with Crippen molar-refractivity contribution >= 4 is 11.8 Å². The van der Waals surface area contributed by atoms with E-state index in [1.54, 1.807) is 20.0 Å². The largest absolute Gasteiger partial charge is 0.465 e. The van der Waals surface area contributed by atoms with Crippen LogP contribution < -0.4 is 16.2 Å². The maximum atomic E-state index is 11.5. The van der Waals surface area contributed by atoms with Gasteiger partial charge in [0.05, 0.1) is 12.1 Å². The van der Waals surface area contributed by atoms with Crippen LogP contribution in [-0.4, -0.2) is 23.2 Å². The Morgan fingerprint density at radius 1 is 1.60 bits per heavy atom. The fourth-order valence-corrected chi connectivity index (χ4v) is 1.28. The SMILES string of the molecule is CNc1cc(C)[nH]c(=O)c1CNC(=O)O. The van der Waals surface area contributed by atoms with Gasteiger partial charge in [-0.05, 0) is 13.0 Å². The number of hydrogen-bond donors (Lipinski definition) is 4. The summed E-state index contributed by atoms with van der Waals surface area (Å²) in [6, 6.07) is 1.75. The first-order valence-corrected chi connectivity index (χ1v) is 4.42. The van der Waals surface area contributed by atoms with Crippen LogP contribution in [0.4, 0.5) is 10.5 Å². The van der Waals surface area contributed by atoms with Gasteiger partial charge in [0, 0.05) is 18.4 Å². The lowest BCUT2D eigenvalue weighted by Gasteiger charge is -2.08. The Bertz CT molecular complexity index is 425. The lowest BCUT2D eigenvalue weighted by molar-refractivity contribution is 0.194. The lowest BCUT2D eigenvalue weighted by Crippen LogP contribution is -2.26. The highest BCUT2D eigenvalue weighted by molar-refractivity contribution is 5.65. The van der Waals surface area contributed by atoms with E-state index < -0.39 is 6.09 Å². The summed E-state index contributed by atoms with van der Waals surface area (Å²) in [5.74, 6) is 0. The molecule has 0 saturated heterocycles. The molecule has 6 nitrogen and oxygen atoms in total. The van der Waals surface area contributed by atoms with Gasteiger partial charge in [0.15, 0.2) is 0 Å². The molecule has 0 unspecified atom stereocenters. The molecule has 6 heteroatoms. The number of aryl methyl sites for hydroxylation is 1. The predicted octanol–water partition coefficient (Wildman–Crippen LogP) is 0.493. The maximum Gasteiger partial charge on any atom is 0.404 e. The standard InChI is InChI=1S/C9H13N3O3/c1-5-3-7(10-2)6(8(13)12-5)4-11-9(14)15/h3,11H,4H2,1-2H3,(H,14,15)(H2,10,12,13). The van der Waals surface area contributed by atoms with Gasteiger partial charge in [-0.25, -0.2) is 4.79 Å². The molecule has 0 aromatic carbocycles. The molecule has 82 valence electrons. The average molecular weight is 211 g/mol. The van der Waals surface area contributed by atoms with E-state index in [-0.39, 0.29) is 12.1 Å². The van der Waals surface area contributed by atoms with E-state index in [4.69, 9.17) is 5.11 Å². The minimum absolute atomic E-state index is 0.0128. The highest BCUT2D eigenvalue weighted by Gasteiger charge is 2.08. The topological polar surface area (TPSA) is 94.2 Å². The molecule has 1 heterocycles. The van der Waals surface area contributed by atoms with E-state index >= 15 is 0 Å². The second-order valence-electron chi connectivity index (χ2n) is 3.08. The third-order valence-corrected chi connectivity index (χ3v) is 1.96. The molecule has 4 N–H and O–H groups in total. The zero-order valence-corrected chi connectivity index (χ0v) is 8.55. The zero-order valence-electron chi connectivity index (χ0n) is 8.55. The number of carboxylic acid groups (broad SMARTS) is 1. The number of H-pyrrole nitrogens is 1. The van der Waals surface area contributed by atoms with Gasteiger partial charge in [0.25, 0.3) is 5.56 Å². The number of anilines is 1. The number of hydrogen-bond acceptors (Lipinski definition) is 3. The van der Waals surface area contributed by atoms with Crippen molar-refractivity contribution in [2.75, 3.05) is 12.4 Å². The summed E-state index contributed by atoms with van der Waals surface area (Å²) in [7, 11) is 1.68. The Kier molecular flexibility index (Phi) is 3.33. The molecular formula is C9H13N3O3. The second kappa shape index (κ2) is 4.50. The quantitative estimate of drug-likeness (QED) is 0.585. The van der Waals surface area contributed by atoms with Crippen LogP contribution in [0.5, 0.6) is 0 Å². The predicted molar refractivity (Wildman–Crippen MR) is 56.2 cm³/mol. The van der Waals surface area contributed by atoms with Gasteiger partial charge >= 0.3 is 6.09 Å². The first kappa shape index (κ1) is 11.1. The van der Waals surface area contributed by atoms with Gasteiger partial charge in [-0.3, -0.25) is 4.79 Å². The van der Waals surface area contributed by atoms with Gasteiger partial charge in [-0.15, -0.1) is 0 Å². The molecule has 0 spiro atoms. The summed E-state index contributed by atoms with van der Waals surface area (Å²) >= 11 is 0. The van der Waals surface area contributed by atoms with Crippen molar-refractivity contribution in [3.63, 3.8) is 0 Å². The van der Waals surface area contributed by atoms with Crippen molar-refractivity contribution in [3.8, 4) is 0 Å². The number of amides is 1. The molecule has 0 atom stereocenters. The maximum absolute atomic E-state index is 11.5. The van der Waals surface area contributed by atoms with Crippen molar-refractivity contribution in [2.24, 2.45) is 0 Å². The lowest BCUT2D eigenvalue weighted by atomic mass is 10.2. The van der Waals surface area contributed by atoms with Crippen molar-refractivity contribution in [3.05, 3.63) is 27.7 Å². The van der Waals surface area contributed by atoms with Crippen molar-refractivity contribution in [1.82, 2.24) is 10.3 Å². The Balaban J connectivity index is 3.04. The van der Waals surface area contributed by atoms with Crippen molar-refractivity contribution in [2.45, 2.75) is 13.5 Å². The molecular weight excluding hydrogens is 198 g/mol. The van der Waals surface area contributed by atoms with Crippen LogP contribution in [0.3, 0.4) is 0 Å². The van der Waals surface area contributed by atoms with Gasteiger partial charge in [0.2, 0.25) is 0 Å². The highest BCUT2D eigenvalue weighted by Crippen LogP contribution is 2.10. The van der Waals surface area contributed by atoms with E-state index in [9.17, 15) is 9.59 Å². The third kappa shape index (κ3) is 2.73. The van der Waals surface area contributed by atoms with Gasteiger partial charge < -0.3 is 20.7 Å². The number of carbonyl (C=O) groups is 1. The molecule has 1 aromatic heterocycles. The monoisotopic (exact) mass is 211 g/mol. The van der Waals surface area contributed by atoms with Crippen LogP contribution in [0.2, 0.25) is 0 Å². The Labute approximate surface area is 86.3 Å². The molecule has 1 rings (SSSR count). The molecule has 15 heavy (non-hydrogen) atoms. The molecule has 0 radical (unpaired) electrons. The summed E-state index contributed by atoms with van der Waals surface area (Å²) in [5, 5.41) is 13.4. The normalized spacial score (nSPS) is 9.73. The molecule has 1 aromatic rings. The summed E-state index contributed by atoms with van der Waals surface area (Å²) in [4.78, 5) is 24.4. The second-order valence-corrected chi connectivity index (χ2v) is 3.08. The highest BCUT2D eigenvalue weighted by atomic mass is 16.4. The van der Waals surface area contributed by atoms with Gasteiger partial charge in [-0.1, -0.05) is 0 Å². The first-order valence-electron chi connectivity index (χ1n) is 4.42. The number of rotatable bonds is 3. The van der Waals surface area contributed by atoms with Crippen LogP contribution in [0, 0.1) is 6.92 Å². The smallest absolute Gasteiger partial charge is 0.404 e. The van der Waals surface area contributed by atoms with E-state index in [0.717, 1.165) is 5.69 Å². The number of pyridine rings is 1. The van der Waals surface area contributed by atoms with Crippen molar-refractivity contribution in [1.29, 1.82) is 0 Å². The molecule has 0 aliphatic carbocycles. The van der Waals surface area contributed by atoms with Gasteiger partial charge in [-0.2, -0.15) is 0 Å². The number of nitrogens with one attached hydrogen (secondary N) is 3. The van der Waals surface area contributed by atoms with E-state index in [1.807, 2.05) is 0 Å². The summed E-state index contributed by atoms with van der Waals surface area (Å²) in [6.07, 6.45) is -1.16. The van der Waals surface area contributed by atoms with Crippen LogP contribution in [0.1, 0.15) is 11.3 Å². The molecule has 0 saturated carbocycles. The van der Waals surface area contributed by atoms with Crippen molar-refractivity contribution < 1.29 is 9.90 Å². The Hall–Kier alpha value is -1.98. The molecule has 0 aliphatic heterocycles. The van der Waals surface area contributed by atoms with Crippen LogP contribution in [0.25, 0.3) is 0 Å². The van der Waals surface area contributed by atoms with E-state index in [2.05, 4.69) is 15.6 Å².